The van der Waals surface area contributed by atoms with E-state index in [1.165, 1.54) is 23.3 Å². The number of carbonyl (C=O) groups excluding carboxylic acids is 2. The smallest absolute Gasteiger partial charge is 0.264 e. The lowest BCUT2D eigenvalue weighted by atomic mass is 9.92. The Morgan fingerprint density at radius 1 is 1.04 bits per heavy atom. The number of fused-ring (bicyclic) bond motifs is 1. The maximum atomic E-state index is 12.8. The maximum absolute atomic E-state index is 12.8. The first kappa shape index (κ1) is 18.9. The van der Waals surface area contributed by atoms with Crippen LogP contribution in [0.4, 0.5) is 0 Å². The topological polar surface area (TPSA) is 43.9 Å². The molecule has 1 aromatic heterocycles. The van der Waals surface area contributed by atoms with Crippen LogP contribution >= 0.6 is 11.3 Å². The summed E-state index contributed by atoms with van der Waals surface area (Å²) in [7, 11) is 0. The Bertz CT molecular complexity index is 677. The van der Waals surface area contributed by atoms with Gasteiger partial charge in [0, 0.05) is 44.1 Å². The van der Waals surface area contributed by atoms with Crippen LogP contribution in [-0.2, 0) is 17.6 Å². The third kappa shape index (κ3) is 4.21. The minimum absolute atomic E-state index is 0.180. The predicted octanol–water partition coefficient (Wildman–Crippen LogP) is 2.50. The Labute approximate surface area is 166 Å². The molecule has 0 spiro atoms. The Morgan fingerprint density at radius 3 is 2.41 bits per heavy atom. The number of likely N-dealkylation sites (tertiary alicyclic amines) is 1. The van der Waals surface area contributed by atoms with E-state index < -0.39 is 0 Å². The lowest BCUT2D eigenvalue weighted by Gasteiger charge is -2.38. The minimum atomic E-state index is 0.180. The van der Waals surface area contributed by atoms with Gasteiger partial charge in [-0.2, -0.15) is 0 Å². The van der Waals surface area contributed by atoms with Crippen LogP contribution in [-0.4, -0.2) is 72.3 Å². The molecule has 0 aromatic carbocycles. The van der Waals surface area contributed by atoms with Gasteiger partial charge in [-0.1, -0.05) is 13.8 Å². The molecule has 5 nitrogen and oxygen atoms in total. The summed E-state index contributed by atoms with van der Waals surface area (Å²) >= 11 is 1.69. The van der Waals surface area contributed by atoms with E-state index in [1.807, 2.05) is 9.80 Å². The average molecular weight is 390 g/mol. The fourth-order valence-corrected chi connectivity index (χ4v) is 6.08. The summed E-state index contributed by atoms with van der Waals surface area (Å²) < 4.78 is 0. The molecule has 2 unspecified atom stereocenters. The van der Waals surface area contributed by atoms with Crippen LogP contribution in [0.5, 0.6) is 0 Å². The summed E-state index contributed by atoms with van der Waals surface area (Å²) in [6.45, 7) is 9.79. The molecule has 4 rings (SSSR count). The first-order chi connectivity index (χ1) is 13.0. The number of amides is 2. The molecule has 1 aliphatic carbocycles. The summed E-state index contributed by atoms with van der Waals surface area (Å²) in [5, 5.41) is 0. The van der Waals surface area contributed by atoms with Gasteiger partial charge in [-0.05, 0) is 49.1 Å². The molecule has 3 heterocycles. The summed E-state index contributed by atoms with van der Waals surface area (Å²) in [6.07, 6.45) is 4.72. The lowest BCUT2D eigenvalue weighted by Crippen LogP contribution is -2.52. The molecule has 6 heteroatoms. The van der Waals surface area contributed by atoms with Crippen molar-refractivity contribution >= 4 is 23.2 Å². The molecule has 2 atom stereocenters. The Balaban J connectivity index is 1.27. The molecule has 27 heavy (non-hydrogen) atoms. The first-order valence-corrected chi connectivity index (χ1v) is 11.2. The zero-order valence-corrected chi connectivity index (χ0v) is 17.4. The van der Waals surface area contributed by atoms with Crippen molar-refractivity contribution in [2.75, 3.05) is 45.8 Å². The van der Waals surface area contributed by atoms with Crippen LogP contribution in [0.3, 0.4) is 0 Å². The van der Waals surface area contributed by atoms with Crippen molar-refractivity contribution in [1.29, 1.82) is 0 Å². The van der Waals surface area contributed by atoms with Crippen LogP contribution in [0.2, 0.25) is 0 Å². The standard InChI is InChI=1S/C21H31N3O2S/c1-15-10-16(2)13-24(12-15)20(25)14-22-6-8-23(9-7-22)21(26)19-11-17-4-3-5-18(17)27-19/h11,15-16H,3-10,12-14H2,1-2H3. The largest absolute Gasteiger partial charge is 0.341 e. The van der Waals surface area contributed by atoms with Gasteiger partial charge in [-0.15, -0.1) is 11.3 Å². The molecule has 1 aromatic rings. The van der Waals surface area contributed by atoms with Gasteiger partial charge >= 0.3 is 0 Å². The fourth-order valence-electron chi connectivity index (χ4n) is 4.86. The van der Waals surface area contributed by atoms with Crippen molar-refractivity contribution in [3.05, 3.63) is 21.4 Å². The van der Waals surface area contributed by atoms with Gasteiger partial charge < -0.3 is 9.80 Å². The molecule has 2 fully saturated rings. The van der Waals surface area contributed by atoms with Gasteiger partial charge in [0.25, 0.3) is 5.91 Å². The molecule has 0 radical (unpaired) electrons. The highest BCUT2D eigenvalue weighted by molar-refractivity contribution is 7.14. The Kier molecular flexibility index (Phi) is 5.55. The average Bonchev–Trinajstić information content (AvgIpc) is 3.23. The molecule has 2 aliphatic heterocycles. The second kappa shape index (κ2) is 7.92. The van der Waals surface area contributed by atoms with Crippen molar-refractivity contribution in [3.8, 4) is 0 Å². The van der Waals surface area contributed by atoms with E-state index in [9.17, 15) is 9.59 Å². The number of thiophene rings is 1. The number of hydrogen-bond donors (Lipinski definition) is 0. The maximum Gasteiger partial charge on any atom is 0.264 e. The summed E-state index contributed by atoms with van der Waals surface area (Å²) in [5.74, 6) is 1.63. The van der Waals surface area contributed by atoms with Gasteiger partial charge in [0.1, 0.15) is 0 Å². The van der Waals surface area contributed by atoms with E-state index in [1.54, 1.807) is 11.3 Å². The van der Waals surface area contributed by atoms with Crippen molar-refractivity contribution in [3.63, 3.8) is 0 Å². The van der Waals surface area contributed by atoms with E-state index in [0.29, 0.717) is 18.4 Å². The van der Waals surface area contributed by atoms with E-state index >= 15 is 0 Å². The number of hydrogen-bond acceptors (Lipinski definition) is 4. The highest BCUT2D eigenvalue weighted by atomic mass is 32.1. The molecule has 2 saturated heterocycles. The number of nitrogens with zero attached hydrogens (tertiary/aromatic N) is 3. The third-order valence-corrected chi connectivity index (χ3v) is 7.42. The van der Waals surface area contributed by atoms with Crippen LogP contribution in [0.25, 0.3) is 0 Å². The molecule has 3 aliphatic rings. The molecular formula is C21H31N3O2S. The zero-order chi connectivity index (χ0) is 19.0. The number of carbonyl (C=O) groups is 2. The zero-order valence-electron chi connectivity index (χ0n) is 16.6. The van der Waals surface area contributed by atoms with Crippen LogP contribution in [0.1, 0.15) is 46.8 Å². The van der Waals surface area contributed by atoms with Gasteiger partial charge in [-0.3, -0.25) is 14.5 Å². The van der Waals surface area contributed by atoms with E-state index in [0.717, 1.165) is 57.0 Å². The highest BCUT2D eigenvalue weighted by Gasteiger charge is 2.29. The summed E-state index contributed by atoms with van der Waals surface area (Å²) in [5.41, 5.74) is 1.39. The summed E-state index contributed by atoms with van der Waals surface area (Å²) in [6, 6.07) is 2.12. The van der Waals surface area contributed by atoms with Gasteiger partial charge in [-0.25, -0.2) is 0 Å². The van der Waals surface area contributed by atoms with E-state index in [4.69, 9.17) is 0 Å². The second-order valence-corrected chi connectivity index (χ2v) is 9.86. The molecular weight excluding hydrogens is 358 g/mol. The SMILES string of the molecule is CC1CC(C)CN(C(=O)CN2CCN(C(=O)c3cc4c(s3)CCC4)CC2)C1. The number of rotatable bonds is 3. The Morgan fingerprint density at radius 2 is 1.74 bits per heavy atom. The van der Waals surface area contributed by atoms with E-state index in [2.05, 4.69) is 24.8 Å². The van der Waals surface area contributed by atoms with Crippen molar-refractivity contribution < 1.29 is 9.59 Å². The van der Waals surface area contributed by atoms with Gasteiger partial charge in [0.2, 0.25) is 5.91 Å². The third-order valence-electron chi connectivity index (χ3n) is 6.20. The quantitative estimate of drug-likeness (QED) is 0.798. The molecule has 0 N–H and O–H groups in total. The van der Waals surface area contributed by atoms with Gasteiger partial charge in [0.05, 0.1) is 11.4 Å². The van der Waals surface area contributed by atoms with Crippen molar-refractivity contribution in [2.45, 2.75) is 39.5 Å². The monoisotopic (exact) mass is 389 g/mol. The fraction of sp³-hybridized carbons (Fsp3) is 0.714. The number of piperazine rings is 1. The summed E-state index contributed by atoms with van der Waals surface area (Å²) in [4.78, 5) is 34.0. The molecule has 148 valence electrons. The van der Waals surface area contributed by atoms with Crippen molar-refractivity contribution in [2.24, 2.45) is 11.8 Å². The second-order valence-electron chi connectivity index (χ2n) is 8.73. The number of piperidine rings is 1. The normalized spacial score (nSPS) is 26.3. The Hall–Kier alpha value is -1.40. The van der Waals surface area contributed by atoms with Crippen LogP contribution < -0.4 is 0 Å². The highest BCUT2D eigenvalue weighted by Crippen LogP contribution is 2.31. The van der Waals surface area contributed by atoms with Gasteiger partial charge in [0.15, 0.2) is 0 Å². The van der Waals surface area contributed by atoms with E-state index in [-0.39, 0.29) is 11.8 Å². The van der Waals surface area contributed by atoms with Crippen molar-refractivity contribution in [1.82, 2.24) is 14.7 Å². The number of aryl methyl sites for hydroxylation is 2. The minimum Gasteiger partial charge on any atom is -0.341 e. The van der Waals surface area contributed by atoms with Crippen LogP contribution in [0, 0.1) is 11.8 Å². The molecule has 2 amide bonds. The molecule has 0 bridgehead atoms. The first-order valence-electron chi connectivity index (χ1n) is 10.4. The lowest BCUT2D eigenvalue weighted by molar-refractivity contribution is -0.135. The van der Waals surface area contributed by atoms with Crippen LogP contribution in [0.15, 0.2) is 6.07 Å². The molecule has 0 saturated carbocycles. The predicted molar refractivity (Wildman–Crippen MR) is 108 cm³/mol.